The molecule has 0 saturated carbocycles. The van der Waals surface area contributed by atoms with Crippen LogP contribution in [0.2, 0.25) is 5.02 Å². The SMILES string of the molecule is COc1ccc(N(CC(=O)N2CCCC2)C(C)=O)cc1Cl. The fourth-order valence-electron chi connectivity index (χ4n) is 2.41. The Labute approximate surface area is 129 Å². The molecule has 2 rings (SSSR count). The third-order valence-corrected chi connectivity index (χ3v) is 3.87. The first-order valence-electron chi connectivity index (χ1n) is 6.92. The second kappa shape index (κ2) is 6.80. The predicted molar refractivity (Wildman–Crippen MR) is 81.8 cm³/mol. The van der Waals surface area contributed by atoms with Gasteiger partial charge in [-0.3, -0.25) is 9.59 Å². The van der Waals surface area contributed by atoms with Crippen molar-refractivity contribution in [2.24, 2.45) is 0 Å². The monoisotopic (exact) mass is 310 g/mol. The number of halogens is 1. The second-order valence-corrected chi connectivity index (χ2v) is 5.42. The van der Waals surface area contributed by atoms with Crippen LogP contribution in [-0.4, -0.2) is 43.5 Å². The molecule has 0 unspecified atom stereocenters. The third-order valence-electron chi connectivity index (χ3n) is 3.58. The first-order valence-corrected chi connectivity index (χ1v) is 7.30. The smallest absolute Gasteiger partial charge is 0.242 e. The molecular formula is C15H19ClN2O3. The van der Waals surface area contributed by atoms with Crippen molar-refractivity contribution in [3.05, 3.63) is 23.2 Å². The number of hydrogen-bond acceptors (Lipinski definition) is 3. The van der Waals surface area contributed by atoms with E-state index >= 15 is 0 Å². The van der Waals surface area contributed by atoms with Crippen LogP contribution in [0.15, 0.2) is 18.2 Å². The summed E-state index contributed by atoms with van der Waals surface area (Å²) in [6.07, 6.45) is 2.06. The number of ether oxygens (including phenoxy) is 1. The summed E-state index contributed by atoms with van der Waals surface area (Å²) in [5.41, 5.74) is 0.598. The van der Waals surface area contributed by atoms with E-state index in [0.29, 0.717) is 16.5 Å². The summed E-state index contributed by atoms with van der Waals surface area (Å²) < 4.78 is 5.09. The standard InChI is InChI=1S/C15H19ClN2O3/c1-11(19)18(10-15(20)17-7-3-4-8-17)12-5-6-14(21-2)13(16)9-12/h5-6,9H,3-4,7-8,10H2,1-2H3. The Balaban J connectivity index is 2.16. The van der Waals surface area contributed by atoms with Crippen molar-refractivity contribution in [1.82, 2.24) is 4.90 Å². The zero-order chi connectivity index (χ0) is 15.4. The number of rotatable bonds is 4. The molecule has 1 fully saturated rings. The Morgan fingerprint density at radius 1 is 1.33 bits per heavy atom. The lowest BCUT2D eigenvalue weighted by Crippen LogP contribution is -2.41. The van der Waals surface area contributed by atoms with Crippen molar-refractivity contribution >= 4 is 29.1 Å². The fraction of sp³-hybridized carbons (Fsp3) is 0.467. The lowest BCUT2D eigenvalue weighted by atomic mass is 10.2. The molecule has 5 nitrogen and oxygen atoms in total. The number of anilines is 1. The highest BCUT2D eigenvalue weighted by Crippen LogP contribution is 2.29. The number of hydrogen-bond donors (Lipinski definition) is 0. The van der Waals surface area contributed by atoms with Crippen molar-refractivity contribution in [1.29, 1.82) is 0 Å². The Morgan fingerprint density at radius 3 is 2.52 bits per heavy atom. The van der Waals surface area contributed by atoms with Gasteiger partial charge in [0.2, 0.25) is 11.8 Å². The van der Waals surface area contributed by atoms with Gasteiger partial charge in [-0.15, -0.1) is 0 Å². The van der Waals surface area contributed by atoms with Gasteiger partial charge in [-0.05, 0) is 31.0 Å². The van der Waals surface area contributed by atoms with E-state index < -0.39 is 0 Å². The molecule has 1 aromatic carbocycles. The number of carbonyl (C=O) groups excluding carboxylic acids is 2. The second-order valence-electron chi connectivity index (χ2n) is 5.01. The number of likely N-dealkylation sites (tertiary alicyclic amines) is 1. The first-order chi connectivity index (χ1) is 10.0. The summed E-state index contributed by atoms with van der Waals surface area (Å²) in [5, 5.41) is 0.412. The Hall–Kier alpha value is -1.75. The van der Waals surface area contributed by atoms with Crippen molar-refractivity contribution in [3.63, 3.8) is 0 Å². The number of benzene rings is 1. The van der Waals surface area contributed by atoms with Crippen molar-refractivity contribution < 1.29 is 14.3 Å². The maximum atomic E-state index is 12.2. The molecule has 6 heteroatoms. The van der Waals surface area contributed by atoms with Crippen LogP contribution < -0.4 is 9.64 Å². The van der Waals surface area contributed by atoms with Crippen molar-refractivity contribution in [3.8, 4) is 5.75 Å². The van der Waals surface area contributed by atoms with Crippen LogP contribution in [0.5, 0.6) is 5.75 Å². The van der Waals surface area contributed by atoms with Gasteiger partial charge in [0.15, 0.2) is 0 Å². The molecule has 114 valence electrons. The van der Waals surface area contributed by atoms with Gasteiger partial charge >= 0.3 is 0 Å². The molecule has 0 bridgehead atoms. The van der Waals surface area contributed by atoms with Crippen LogP contribution in [-0.2, 0) is 9.59 Å². The molecule has 0 atom stereocenters. The van der Waals surface area contributed by atoms with Gasteiger partial charge in [-0.1, -0.05) is 11.6 Å². The highest BCUT2D eigenvalue weighted by Gasteiger charge is 2.23. The number of methoxy groups -OCH3 is 1. The molecule has 1 aliphatic heterocycles. The third kappa shape index (κ3) is 3.67. The molecule has 1 aliphatic rings. The molecule has 1 saturated heterocycles. The number of carbonyl (C=O) groups is 2. The Morgan fingerprint density at radius 2 is 2.00 bits per heavy atom. The predicted octanol–water partition coefficient (Wildman–Crippen LogP) is 2.32. The summed E-state index contributed by atoms with van der Waals surface area (Å²) in [6, 6.07) is 5.05. The largest absolute Gasteiger partial charge is 0.495 e. The van der Waals surface area contributed by atoms with Crippen molar-refractivity contribution in [2.45, 2.75) is 19.8 Å². The van der Waals surface area contributed by atoms with Gasteiger partial charge in [0.1, 0.15) is 12.3 Å². The van der Waals surface area contributed by atoms with E-state index in [9.17, 15) is 9.59 Å². The van der Waals surface area contributed by atoms with Crippen molar-refractivity contribution in [2.75, 3.05) is 31.6 Å². The lowest BCUT2D eigenvalue weighted by molar-refractivity contribution is -0.130. The van der Waals surface area contributed by atoms with Gasteiger partial charge in [0.25, 0.3) is 0 Å². The quantitative estimate of drug-likeness (QED) is 0.857. The van der Waals surface area contributed by atoms with E-state index in [2.05, 4.69) is 0 Å². The minimum atomic E-state index is -0.191. The summed E-state index contributed by atoms with van der Waals surface area (Å²) in [5.74, 6) is 0.313. The van der Waals surface area contributed by atoms with E-state index in [1.54, 1.807) is 23.1 Å². The molecule has 2 amide bonds. The Kier molecular flexibility index (Phi) is 5.07. The lowest BCUT2D eigenvalue weighted by Gasteiger charge is -2.24. The Bertz CT molecular complexity index is 542. The van der Waals surface area contributed by atoms with Gasteiger partial charge in [0, 0.05) is 25.7 Å². The average molecular weight is 311 g/mol. The van der Waals surface area contributed by atoms with Crippen LogP contribution in [0.3, 0.4) is 0 Å². The van der Waals surface area contributed by atoms with Gasteiger partial charge in [-0.2, -0.15) is 0 Å². The van der Waals surface area contributed by atoms with Crippen LogP contribution in [0.1, 0.15) is 19.8 Å². The van der Waals surface area contributed by atoms with Crippen LogP contribution >= 0.6 is 11.6 Å². The van der Waals surface area contributed by atoms with E-state index in [0.717, 1.165) is 25.9 Å². The zero-order valence-corrected chi connectivity index (χ0v) is 13.0. The maximum absolute atomic E-state index is 12.2. The van der Waals surface area contributed by atoms with E-state index in [-0.39, 0.29) is 18.4 Å². The van der Waals surface area contributed by atoms with E-state index in [1.165, 1.54) is 18.9 Å². The zero-order valence-electron chi connectivity index (χ0n) is 12.3. The van der Waals surface area contributed by atoms with Gasteiger partial charge in [-0.25, -0.2) is 0 Å². The molecule has 1 aromatic rings. The van der Waals surface area contributed by atoms with Crippen LogP contribution in [0.25, 0.3) is 0 Å². The number of nitrogens with zero attached hydrogens (tertiary/aromatic N) is 2. The molecule has 21 heavy (non-hydrogen) atoms. The molecule has 0 aliphatic carbocycles. The molecule has 0 spiro atoms. The van der Waals surface area contributed by atoms with Gasteiger partial charge < -0.3 is 14.5 Å². The van der Waals surface area contributed by atoms with E-state index in [1.807, 2.05) is 0 Å². The fourth-order valence-corrected chi connectivity index (χ4v) is 2.66. The summed E-state index contributed by atoms with van der Waals surface area (Å²) in [7, 11) is 1.53. The summed E-state index contributed by atoms with van der Waals surface area (Å²) >= 11 is 6.08. The normalized spacial score (nSPS) is 14.1. The minimum absolute atomic E-state index is 0.0327. The topological polar surface area (TPSA) is 49.9 Å². The molecule has 0 N–H and O–H groups in total. The molecular weight excluding hydrogens is 292 g/mol. The summed E-state index contributed by atoms with van der Waals surface area (Å²) in [6.45, 7) is 3.02. The van der Waals surface area contributed by atoms with Crippen LogP contribution in [0, 0.1) is 0 Å². The first kappa shape index (κ1) is 15.6. The summed E-state index contributed by atoms with van der Waals surface area (Å²) in [4.78, 5) is 27.3. The molecule has 0 aromatic heterocycles. The molecule has 1 heterocycles. The van der Waals surface area contributed by atoms with E-state index in [4.69, 9.17) is 16.3 Å². The molecule has 0 radical (unpaired) electrons. The van der Waals surface area contributed by atoms with Gasteiger partial charge in [0.05, 0.1) is 12.1 Å². The highest BCUT2D eigenvalue weighted by molar-refractivity contribution is 6.32. The maximum Gasteiger partial charge on any atom is 0.242 e. The average Bonchev–Trinajstić information content (AvgIpc) is 2.98. The highest BCUT2D eigenvalue weighted by atomic mass is 35.5. The number of amides is 2. The minimum Gasteiger partial charge on any atom is -0.495 e. The van der Waals surface area contributed by atoms with Crippen LogP contribution in [0.4, 0.5) is 5.69 Å².